The summed E-state index contributed by atoms with van der Waals surface area (Å²) in [5, 5.41) is 20.6. The number of hydrogen-bond acceptors (Lipinski definition) is 7. The van der Waals surface area contributed by atoms with E-state index in [2.05, 4.69) is 15.2 Å². The second-order valence-electron chi connectivity index (χ2n) is 14.9. The number of nitrogen functional groups attached to an aromatic ring is 1. The number of anilines is 1. The van der Waals surface area contributed by atoms with Crippen molar-refractivity contribution in [3.8, 4) is 5.75 Å². The summed E-state index contributed by atoms with van der Waals surface area (Å²) in [6.07, 6.45) is 6.67. The number of amides is 2. The molecule has 4 aromatic carbocycles. The summed E-state index contributed by atoms with van der Waals surface area (Å²) >= 11 is 0. The molecule has 1 aromatic heterocycles. The fourth-order valence-electron chi connectivity index (χ4n) is 7.60. The molecule has 16 heteroatoms. The number of rotatable bonds is 13. The monoisotopic (exact) mass is 855 g/mol. The molecule has 7 rings (SSSR count). The molecule has 316 valence electrons. The van der Waals surface area contributed by atoms with Crippen molar-refractivity contribution in [3.63, 3.8) is 0 Å². The number of piperidine rings is 1. The summed E-state index contributed by atoms with van der Waals surface area (Å²) in [5.74, 6) is -0.134. The first-order chi connectivity index (χ1) is 28.1. The van der Waals surface area contributed by atoms with Gasteiger partial charge < -0.3 is 41.0 Å². The van der Waals surface area contributed by atoms with Crippen molar-refractivity contribution in [3.05, 3.63) is 125 Å². The Morgan fingerprint density at radius 3 is 2.15 bits per heavy atom. The van der Waals surface area contributed by atoms with Crippen LogP contribution in [-0.2, 0) is 24.4 Å². The predicted molar refractivity (Wildman–Crippen MR) is 238 cm³/mol. The molecule has 1 aliphatic heterocycles. The number of benzene rings is 4. The van der Waals surface area contributed by atoms with Gasteiger partial charge in [0.05, 0.1) is 29.7 Å². The fraction of sp³-hybridized carbons (Fsp3) is 0.318. The van der Waals surface area contributed by atoms with E-state index in [0.717, 1.165) is 50.5 Å². The maximum Gasteiger partial charge on any atom is 0.335 e. The van der Waals surface area contributed by atoms with Crippen LogP contribution < -0.4 is 26.4 Å². The largest absolute Gasteiger partial charge is 0.490 e. The van der Waals surface area contributed by atoms with Gasteiger partial charge in [0.15, 0.2) is 5.96 Å². The summed E-state index contributed by atoms with van der Waals surface area (Å²) in [4.78, 5) is 52.6. The Bertz CT molecular complexity index is 2290. The molecular formula is C44H51Cl2N9O5. The molecule has 0 atom stereocenters. The quantitative estimate of drug-likeness (QED) is 0.0645. The molecule has 2 aliphatic rings. The van der Waals surface area contributed by atoms with Crippen LogP contribution in [-0.4, -0.2) is 74.4 Å². The normalized spacial score (nSPS) is 14.7. The predicted octanol–water partition coefficient (Wildman–Crippen LogP) is 6.52. The van der Waals surface area contributed by atoms with Gasteiger partial charge in [0.2, 0.25) is 5.91 Å². The van der Waals surface area contributed by atoms with Crippen molar-refractivity contribution < 1.29 is 24.2 Å². The van der Waals surface area contributed by atoms with Crippen LogP contribution in [0.25, 0.3) is 11.0 Å². The molecule has 5 aromatic rings. The van der Waals surface area contributed by atoms with Crippen LogP contribution in [0.15, 0.2) is 102 Å². The standard InChI is InChI=1S/C44H49N9O5.2ClH/c45-41(46)32-15-20-38-37(25-32)50-39(53(38)28-40(54)49-33-9-5-2-6-10-33)27-52(42(55)30-11-13-31(14-12-30)43(56)57)34-16-18-35(19-17-34)58-36-21-23-51(24-22-36)44(47)48-26-29-7-3-1-4-8-29;;/h1,3-4,7-8,11-20,25,33,36H,2,5-6,9-10,21-24,26-28H2,(H3,45,46)(H2,47,48)(H,49,54)(H,56,57);2*1H. The maximum atomic E-state index is 14.4. The Kier molecular flexibility index (Phi) is 15.5. The van der Waals surface area contributed by atoms with Gasteiger partial charge in [-0.2, -0.15) is 0 Å². The lowest BCUT2D eigenvalue weighted by Gasteiger charge is -2.33. The number of aromatic carboxylic acids is 1. The molecule has 0 radical (unpaired) electrons. The Balaban J connectivity index is 0.00000341. The van der Waals surface area contributed by atoms with Crippen molar-refractivity contribution in [2.45, 2.75) is 76.7 Å². The van der Waals surface area contributed by atoms with E-state index in [4.69, 9.17) is 26.6 Å². The van der Waals surface area contributed by atoms with Crippen molar-refractivity contribution in [2.75, 3.05) is 18.0 Å². The number of hydrogen-bond donors (Lipinski definition) is 5. The minimum Gasteiger partial charge on any atom is -0.490 e. The first-order valence-electron chi connectivity index (χ1n) is 19.7. The van der Waals surface area contributed by atoms with Crippen molar-refractivity contribution in [1.82, 2.24) is 19.8 Å². The van der Waals surface area contributed by atoms with Gasteiger partial charge in [0, 0.05) is 48.8 Å². The van der Waals surface area contributed by atoms with Gasteiger partial charge in [-0.15, -0.1) is 24.8 Å². The van der Waals surface area contributed by atoms with Gasteiger partial charge in [-0.3, -0.25) is 15.0 Å². The van der Waals surface area contributed by atoms with Gasteiger partial charge in [0.1, 0.15) is 30.1 Å². The first kappa shape index (κ1) is 45.0. The Hall–Kier alpha value is -6.12. The summed E-state index contributed by atoms with van der Waals surface area (Å²) in [6.45, 7) is 1.91. The number of imidazole rings is 1. The van der Waals surface area contributed by atoms with Crippen molar-refractivity contribution in [2.24, 2.45) is 16.5 Å². The lowest BCUT2D eigenvalue weighted by molar-refractivity contribution is -0.122. The Morgan fingerprint density at radius 1 is 0.850 bits per heavy atom. The highest BCUT2D eigenvalue weighted by atomic mass is 35.5. The molecule has 1 aliphatic carbocycles. The van der Waals surface area contributed by atoms with E-state index in [1.165, 1.54) is 24.3 Å². The van der Waals surface area contributed by atoms with E-state index in [-0.39, 0.29) is 78.8 Å². The molecule has 0 spiro atoms. The van der Waals surface area contributed by atoms with Crippen LogP contribution in [0, 0.1) is 5.41 Å². The number of aliphatic imine (C=N–C) groups is 1. The number of halogens is 2. The van der Waals surface area contributed by atoms with Crippen LogP contribution in [0.2, 0.25) is 0 Å². The van der Waals surface area contributed by atoms with E-state index >= 15 is 0 Å². The zero-order valence-corrected chi connectivity index (χ0v) is 34.8. The molecule has 1 saturated carbocycles. The number of likely N-dealkylation sites (tertiary alicyclic amines) is 1. The Morgan fingerprint density at radius 2 is 1.50 bits per heavy atom. The third kappa shape index (κ3) is 11.1. The molecule has 0 unspecified atom stereocenters. The molecule has 0 bridgehead atoms. The summed E-state index contributed by atoms with van der Waals surface area (Å²) < 4.78 is 8.19. The fourth-order valence-corrected chi connectivity index (χ4v) is 7.60. The van der Waals surface area contributed by atoms with Gasteiger partial charge in [-0.25, -0.2) is 14.8 Å². The number of nitrogens with one attached hydrogen (secondary N) is 2. The van der Waals surface area contributed by atoms with Gasteiger partial charge in [0.25, 0.3) is 5.91 Å². The number of carboxylic acids is 1. The molecule has 2 heterocycles. The second-order valence-corrected chi connectivity index (χ2v) is 14.9. The van der Waals surface area contributed by atoms with Crippen LogP contribution in [0.3, 0.4) is 0 Å². The zero-order chi connectivity index (χ0) is 40.6. The van der Waals surface area contributed by atoms with E-state index in [0.29, 0.717) is 59.5 Å². The number of nitrogens with zero attached hydrogens (tertiary/aromatic N) is 5. The number of carboxylic acid groups (broad SMARTS) is 1. The van der Waals surface area contributed by atoms with E-state index in [9.17, 15) is 19.5 Å². The molecule has 60 heavy (non-hydrogen) atoms. The van der Waals surface area contributed by atoms with Crippen LogP contribution in [0.5, 0.6) is 5.75 Å². The highest BCUT2D eigenvalue weighted by Gasteiger charge is 2.26. The number of guanidine groups is 1. The summed E-state index contributed by atoms with van der Waals surface area (Å²) in [5.41, 5.74) is 15.8. The molecule has 7 N–H and O–H groups in total. The van der Waals surface area contributed by atoms with Crippen LogP contribution in [0.1, 0.15) is 82.6 Å². The smallest absolute Gasteiger partial charge is 0.335 e. The molecule has 2 fully saturated rings. The van der Waals surface area contributed by atoms with Crippen molar-refractivity contribution >= 4 is 71.1 Å². The number of fused-ring (bicyclic) bond motifs is 1. The first-order valence-corrected chi connectivity index (χ1v) is 19.7. The number of carbonyl (C=O) groups is 3. The highest BCUT2D eigenvalue weighted by molar-refractivity contribution is 6.06. The lowest BCUT2D eigenvalue weighted by atomic mass is 9.95. The molecule has 14 nitrogen and oxygen atoms in total. The third-order valence-electron chi connectivity index (χ3n) is 10.8. The number of nitrogens with two attached hydrogens (primary N) is 2. The zero-order valence-electron chi connectivity index (χ0n) is 33.2. The summed E-state index contributed by atoms with van der Waals surface area (Å²) in [6, 6.07) is 28.3. The average molecular weight is 857 g/mol. The van der Waals surface area contributed by atoms with E-state index in [1.807, 2.05) is 42.5 Å². The minimum atomic E-state index is -1.10. The van der Waals surface area contributed by atoms with Gasteiger partial charge >= 0.3 is 5.97 Å². The lowest BCUT2D eigenvalue weighted by Crippen LogP contribution is -2.45. The maximum absolute atomic E-state index is 14.4. The Labute approximate surface area is 361 Å². The molecular weight excluding hydrogens is 805 g/mol. The molecule has 1 saturated heterocycles. The van der Waals surface area contributed by atoms with Gasteiger partial charge in [-0.05, 0) is 85.1 Å². The van der Waals surface area contributed by atoms with Gasteiger partial charge in [-0.1, -0.05) is 49.6 Å². The van der Waals surface area contributed by atoms with Crippen LogP contribution >= 0.6 is 24.8 Å². The number of aromatic nitrogens is 2. The van der Waals surface area contributed by atoms with E-state index < -0.39 is 5.97 Å². The second kappa shape index (κ2) is 20.7. The minimum absolute atomic E-state index is 0. The average Bonchev–Trinajstić information content (AvgIpc) is 3.58. The SMILES string of the molecule is Cl.Cl.N=C(N)c1ccc2c(c1)nc(CN(C(=O)c1ccc(C(=O)O)cc1)c1ccc(OC3CCN(C(N)=NCc4ccccc4)CC3)cc1)n2CC(=O)NC1CCCCC1. The molecule has 2 amide bonds. The highest BCUT2D eigenvalue weighted by Crippen LogP contribution is 2.28. The van der Waals surface area contributed by atoms with Crippen LogP contribution in [0.4, 0.5) is 5.69 Å². The van der Waals surface area contributed by atoms with Crippen molar-refractivity contribution in [1.29, 1.82) is 5.41 Å². The third-order valence-corrected chi connectivity index (χ3v) is 10.8. The number of carbonyl (C=O) groups excluding carboxylic acids is 2. The number of ether oxygens (including phenoxy) is 1. The number of amidine groups is 1. The van der Waals surface area contributed by atoms with E-state index in [1.54, 1.807) is 39.8 Å². The topological polar surface area (TPSA) is 205 Å². The summed E-state index contributed by atoms with van der Waals surface area (Å²) in [7, 11) is 0.